The van der Waals surface area contributed by atoms with Gasteiger partial charge in [0, 0.05) is 17.3 Å². The second-order valence-corrected chi connectivity index (χ2v) is 4.21. The minimum atomic E-state index is 0.676. The quantitative estimate of drug-likeness (QED) is 0.666. The number of hydrogen-bond donors (Lipinski definition) is 0. The van der Waals surface area contributed by atoms with E-state index in [1.54, 1.807) is 10.9 Å². The Balaban J connectivity index is 2.04. The fourth-order valence-corrected chi connectivity index (χ4v) is 2.05. The van der Waals surface area contributed by atoms with Crippen molar-refractivity contribution in [2.24, 2.45) is 0 Å². The number of carbonyl (C=O) groups is 1. The minimum absolute atomic E-state index is 0.676. The van der Waals surface area contributed by atoms with Gasteiger partial charge >= 0.3 is 0 Å². The first-order valence-electron chi connectivity index (χ1n) is 6.03. The maximum atomic E-state index is 11.1. The minimum Gasteiger partial charge on any atom is -0.298 e. The number of para-hydroxylation sites is 1. The Hall–Kier alpha value is -2.68. The number of carbonyl (C=O) groups excluding carboxylic acids is 1. The van der Waals surface area contributed by atoms with Crippen LogP contribution in [0.25, 0.3) is 16.8 Å². The molecule has 0 aliphatic carbocycles. The van der Waals surface area contributed by atoms with Gasteiger partial charge in [-0.2, -0.15) is 5.10 Å². The molecule has 0 unspecified atom stereocenters. The fraction of sp³-hybridized carbons (Fsp3) is 0. The van der Waals surface area contributed by atoms with Crippen molar-refractivity contribution in [3.05, 3.63) is 72.6 Å². The molecule has 0 fully saturated rings. The number of aromatic nitrogens is 2. The molecule has 3 rings (SSSR count). The van der Waals surface area contributed by atoms with E-state index in [1.807, 2.05) is 60.8 Å². The summed E-state index contributed by atoms with van der Waals surface area (Å²) in [6.45, 7) is 0. The number of benzene rings is 2. The van der Waals surface area contributed by atoms with Crippen LogP contribution in [-0.2, 0) is 0 Å². The summed E-state index contributed by atoms with van der Waals surface area (Å²) in [6, 6.07) is 17.4. The lowest BCUT2D eigenvalue weighted by atomic mass is 10.0. The number of hydrogen-bond acceptors (Lipinski definition) is 2. The van der Waals surface area contributed by atoms with Crippen LogP contribution < -0.4 is 0 Å². The molecule has 1 heterocycles. The third kappa shape index (κ3) is 2.18. The molecule has 1 aromatic heterocycles. The molecule has 92 valence electrons. The smallest absolute Gasteiger partial charge is 0.150 e. The van der Waals surface area contributed by atoms with E-state index in [-0.39, 0.29) is 0 Å². The highest BCUT2D eigenvalue weighted by Crippen LogP contribution is 2.22. The van der Waals surface area contributed by atoms with Crippen molar-refractivity contribution in [1.29, 1.82) is 0 Å². The lowest BCUT2D eigenvalue weighted by Crippen LogP contribution is -1.92. The Morgan fingerprint density at radius 1 is 0.947 bits per heavy atom. The molecule has 3 heteroatoms. The van der Waals surface area contributed by atoms with Crippen LogP contribution >= 0.6 is 0 Å². The van der Waals surface area contributed by atoms with Crippen molar-refractivity contribution < 1.29 is 4.79 Å². The van der Waals surface area contributed by atoms with Gasteiger partial charge in [-0.25, -0.2) is 4.68 Å². The zero-order valence-corrected chi connectivity index (χ0v) is 10.2. The van der Waals surface area contributed by atoms with Crippen molar-refractivity contribution in [2.45, 2.75) is 0 Å². The summed E-state index contributed by atoms with van der Waals surface area (Å²) in [4.78, 5) is 11.1. The maximum Gasteiger partial charge on any atom is 0.150 e. The van der Waals surface area contributed by atoms with Gasteiger partial charge in [-0.05, 0) is 17.7 Å². The van der Waals surface area contributed by atoms with Gasteiger partial charge in [-0.1, -0.05) is 42.5 Å². The van der Waals surface area contributed by atoms with Crippen LogP contribution in [0.4, 0.5) is 0 Å². The van der Waals surface area contributed by atoms with Crippen LogP contribution in [0.3, 0.4) is 0 Å². The molecule has 3 nitrogen and oxygen atoms in total. The molecule has 0 saturated carbocycles. The highest BCUT2D eigenvalue weighted by molar-refractivity contribution is 5.87. The van der Waals surface area contributed by atoms with E-state index in [0.29, 0.717) is 5.56 Å². The third-order valence-corrected chi connectivity index (χ3v) is 3.00. The number of nitrogens with zero attached hydrogens (tertiary/aromatic N) is 2. The third-order valence-electron chi connectivity index (χ3n) is 3.00. The second kappa shape index (κ2) is 4.90. The first-order chi connectivity index (χ1) is 9.38. The lowest BCUT2D eigenvalue weighted by molar-refractivity contribution is 0.112. The fourth-order valence-electron chi connectivity index (χ4n) is 2.05. The summed E-state index contributed by atoms with van der Waals surface area (Å²) < 4.78 is 1.80. The topological polar surface area (TPSA) is 34.9 Å². The molecular formula is C16H12N2O. The second-order valence-electron chi connectivity index (χ2n) is 4.21. The standard InChI is InChI=1S/C16H12N2O/c19-12-13-6-4-5-9-16(13)14-10-17-18(11-14)15-7-2-1-3-8-15/h1-12H. The van der Waals surface area contributed by atoms with Gasteiger partial charge in [0.15, 0.2) is 6.29 Å². The highest BCUT2D eigenvalue weighted by Gasteiger charge is 2.06. The largest absolute Gasteiger partial charge is 0.298 e. The molecule has 0 bridgehead atoms. The molecular weight excluding hydrogens is 236 g/mol. The summed E-state index contributed by atoms with van der Waals surface area (Å²) in [5.41, 5.74) is 3.51. The molecule has 0 aliphatic heterocycles. The maximum absolute atomic E-state index is 11.1. The van der Waals surface area contributed by atoms with Crippen molar-refractivity contribution >= 4 is 6.29 Å². The molecule has 0 N–H and O–H groups in total. The molecule has 0 spiro atoms. The van der Waals surface area contributed by atoms with E-state index in [0.717, 1.165) is 23.1 Å². The molecule has 2 aromatic carbocycles. The molecule has 0 radical (unpaired) electrons. The Labute approximate surface area is 111 Å². The van der Waals surface area contributed by atoms with Gasteiger partial charge in [-0.15, -0.1) is 0 Å². The average molecular weight is 248 g/mol. The van der Waals surface area contributed by atoms with Gasteiger partial charge in [-0.3, -0.25) is 4.79 Å². The van der Waals surface area contributed by atoms with E-state index < -0.39 is 0 Å². The van der Waals surface area contributed by atoms with Gasteiger partial charge in [0.2, 0.25) is 0 Å². The first kappa shape index (κ1) is 11.4. The van der Waals surface area contributed by atoms with Gasteiger partial charge in [0.1, 0.15) is 0 Å². The van der Waals surface area contributed by atoms with E-state index in [9.17, 15) is 4.79 Å². The summed E-state index contributed by atoms with van der Waals surface area (Å²) in [5.74, 6) is 0. The Bertz CT molecular complexity index is 702. The predicted molar refractivity (Wildman–Crippen MR) is 74.4 cm³/mol. The van der Waals surface area contributed by atoms with Gasteiger partial charge < -0.3 is 0 Å². The highest BCUT2D eigenvalue weighted by atomic mass is 16.1. The summed E-state index contributed by atoms with van der Waals surface area (Å²) in [5, 5.41) is 4.34. The van der Waals surface area contributed by atoms with Crippen LogP contribution in [-0.4, -0.2) is 16.1 Å². The van der Waals surface area contributed by atoms with Crippen LogP contribution in [0, 0.1) is 0 Å². The van der Waals surface area contributed by atoms with Gasteiger partial charge in [0.05, 0.1) is 11.9 Å². The summed E-state index contributed by atoms with van der Waals surface area (Å²) in [7, 11) is 0. The lowest BCUT2D eigenvalue weighted by Gasteiger charge is -2.01. The Morgan fingerprint density at radius 3 is 2.47 bits per heavy atom. The zero-order valence-electron chi connectivity index (χ0n) is 10.2. The summed E-state index contributed by atoms with van der Waals surface area (Å²) >= 11 is 0. The van der Waals surface area contributed by atoms with E-state index in [2.05, 4.69) is 5.10 Å². The first-order valence-corrected chi connectivity index (χ1v) is 6.03. The van der Waals surface area contributed by atoms with Crippen LogP contribution in [0.2, 0.25) is 0 Å². The Kier molecular flexibility index (Phi) is 2.94. The van der Waals surface area contributed by atoms with Gasteiger partial charge in [0.25, 0.3) is 0 Å². The molecule has 3 aromatic rings. The molecule has 0 atom stereocenters. The van der Waals surface area contributed by atoms with Crippen molar-refractivity contribution in [1.82, 2.24) is 9.78 Å². The molecule has 0 aliphatic rings. The van der Waals surface area contributed by atoms with Crippen molar-refractivity contribution in [2.75, 3.05) is 0 Å². The zero-order chi connectivity index (χ0) is 13.1. The van der Waals surface area contributed by atoms with Crippen LogP contribution in [0.5, 0.6) is 0 Å². The average Bonchev–Trinajstić information content (AvgIpc) is 2.98. The van der Waals surface area contributed by atoms with Crippen molar-refractivity contribution in [3.63, 3.8) is 0 Å². The molecule has 0 amide bonds. The number of rotatable bonds is 3. The predicted octanol–water partition coefficient (Wildman–Crippen LogP) is 3.35. The van der Waals surface area contributed by atoms with Crippen LogP contribution in [0.15, 0.2) is 67.0 Å². The summed E-state index contributed by atoms with van der Waals surface area (Å²) in [6.07, 6.45) is 4.57. The number of aldehydes is 1. The van der Waals surface area contributed by atoms with Crippen molar-refractivity contribution in [3.8, 4) is 16.8 Å². The van der Waals surface area contributed by atoms with Crippen LogP contribution in [0.1, 0.15) is 10.4 Å². The van der Waals surface area contributed by atoms with E-state index in [4.69, 9.17) is 0 Å². The van der Waals surface area contributed by atoms with E-state index in [1.165, 1.54) is 0 Å². The monoisotopic (exact) mass is 248 g/mol. The SMILES string of the molecule is O=Cc1ccccc1-c1cnn(-c2ccccc2)c1. The Morgan fingerprint density at radius 2 is 1.68 bits per heavy atom. The van der Waals surface area contributed by atoms with E-state index >= 15 is 0 Å². The normalized spacial score (nSPS) is 10.3. The molecule has 0 saturated heterocycles. The molecule has 19 heavy (non-hydrogen) atoms.